The van der Waals surface area contributed by atoms with E-state index in [0.29, 0.717) is 23.1 Å². The first kappa shape index (κ1) is 20.3. The van der Waals surface area contributed by atoms with E-state index in [-0.39, 0.29) is 18.1 Å². The van der Waals surface area contributed by atoms with Gasteiger partial charge in [0, 0.05) is 19.0 Å². The Morgan fingerprint density at radius 1 is 1.32 bits per heavy atom. The number of hydrogen-bond donors (Lipinski definition) is 1. The molecule has 1 aliphatic heterocycles. The molecule has 1 saturated heterocycles. The molecule has 2 rings (SSSR count). The number of halogens is 1. The van der Waals surface area contributed by atoms with Crippen LogP contribution in [0.2, 0.25) is 5.02 Å². The van der Waals surface area contributed by atoms with E-state index in [4.69, 9.17) is 21.1 Å². The normalized spacial score (nSPS) is 21.6. The van der Waals surface area contributed by atoms with Crippen LogP contribution in [0, 0.1) is 5.92 Å². The Kier molecular flexibility index (Phi) is 7.85. The Hall–Kier alpha value is -0.970. The Morgan fingerprint density at radius 3 is 2.72 bits per heavy atom. The maximum Gasteiger partial charge on any atom is 0.180 e. The van der Waals surface area contributed by atoms with Gasteiger partial charge in [0.15, 0.2) is 11.5 Å². The third-order valence-corrected chi connectivity index (χ3v) is 4.82. The van der Waals surface area contributed by atoms with Crippen molar-refractivity contribution in [1.29, 1.82) is 0 Å². The molecule has 0 aliphatic carbocycles. The average Bonchev–Trinajstić information content (AvgIpc) is 2.54. The van der Waals surface area contributed by atoms with Crippen molar-refractivity contribution >= 4 is 11.6 Å². The van der Waals surface area contributed by atoms with Crippen molar-refractivity contribution in [3.63, 3.8) is 0 Å². The molecule has 2 atom stereocenters. The molecule has 0 aromatic heterocycles. The molecule has 1 fully saturated rings. The summed E-state index contributed by atoms with van der Waals surface area (Å²) in [6.45, 7) is 11.7. The number of hydrogen-bond acceptors (Lipinski definition) is 4. The van der Waals surface area contributed by atoms with E-state index in [2.05, 4.69) is 11.8 Å². The lowest BCUT2D eigenvalue weighted by molar-refractivity contribution is 0.0270. The summed E-state index contributed by atoms with van der Waals surface area (Å²) in [6, 6.07) is 3.96. The van der Waals surface area contributed by atoms with Gasteiger partial charge in [-0.25, -0.2) is 0 Å². The standard InChI is InChI=1S/C20H32ClNO3/c1-5-8-22-9-7-18(23)16(13-22)10-15-11-17(21)20(25-14(3)4)19(12-15)24-6-2/h11-12,14,16,18,23H,5-10,13H2,1-4H3. The zero-order valence-corrected chi connectivity index (χ0v) is 16.7. The quantitative estimate of drug-likeness (QED) is 0.747. The van der Waals surface area contributed by atoms with Crippen LogP contribution in [0.3, 0.4) is 0 Å². The summed E-state index contributed by atoms with van der Waals surface area (Å²) in [5, 5.41) is 11.0. The average molecular weight is 370 g/mol. The molecule has 1 N–H and O–H groups in total. The van der Waals surface area contributed by atoms with Gasteiger partial charge in [0.1, 0.15) is 0 Å². The SMILES string of the molecule is CCCN1CCC(O)C(Cc2cc(Cl)c(OC(C)C)c(OCC)c2)C1. The second-order valence-electron chi connectivity index (χ2n) is 7.13. The van der Waals surface area contributed by atoms with Crippen molar-refractivity contribution in [3.05, 3.63) is 22.7 Å². The van der Waals surface area contributed by atoms with Gasteiger partial charge >= 0.3 is 0 Å². The van der Waals surface area contributed by atoms with E-state index in [0.717, 1.165) is 44.5 Å². The maximum absolute atomic E-state index is 10.4. The molecule has 0 amide bonds. The van der Waals surface area contributed by atoms with Crippen LogP contribution in [0.15, 0.2) is 12.1 Å². The third kappa shape index (κ3) is 5.77. The van der Waals surface area contributed by atoms with E-state index >= 15 is 0 Å². The van der Waals surface area contributed by atoms with E-state index in [9.17, 15) is 5.11 Å². The number of ether oxygens (including phenoxy) is 2. The fourth-order valence-electron chi connectivity index (χ4n) is 3.47. The topological polar surface area (TPSA) is 41.9 Å². The molecular weight excluding hydrogens is 338 g/mol. The molecule has 1 heterocycles. The van der Waals surface area contributed by atoms with Crippen molar-refractivity contribution in [2.45, 2.75) is 59.2 Å². The van der Waals surface area contributed by atoms with E-state index in [1.165, 1.54) is 0 Å². The number of rotatable bonds is 8. The molecule has 0 bridgehead atoms. The van der Waals surface area contributed by atoms with E-state index in [1.54, 1.807) is 0 Å². The molecule has 0 spiro atoms. The Bertz CT molecular complexity index is 550. The number of benzene rings is 1. The van der Waals surface area contributed by atoms with Crippen molar-refractivity contribution in [2.24, 2.45) is 5.92 Å². The summed E-state index contributed by atoms with van der Waals surface area (Å²) in [6.07, 6.45) is 2.55. The molecular formula is C20H32ClNO3. The zero-order chi connectivity index (χ0) is 18.4. The molecule has 0 saturated carbocycles. The first-order chi connectivity index (χ1) is 11.9. The molecule has 0 radical (unpaired) electrons. The molecule has 4 nitrogen and oxygen atoms in total. The molecule has 1 aliphatic rings. The minimum Gasteiger partial charge on any atom is -0.490 e. The molecule has 142 valence electrons. The third-order valence-electron chi connectivity index (χ3n) is 4.54. The molecule has 1 aromatic rings. The van der Waals surface area contributed by atoms with Crippen LogP contribution in [-0.4, -0.2) is 48.5 Å². The molecule has 1 aromatic carbocycles. The van der Waals surface area contributed by atoms with Crippen LogP contribution in [0.5, 0.6) is 11.5 Å². The second-order valence-corrected chi connectivity index (χ2v) is 7.53. The summed E-state index contributed by atoms with van der Waals surface area (Å²) in [7, 11) is 0. The van der Waals surface area contributed by atoms with Gasteiger partial charge in [0.05, 0.1) is 23.8 Å². The molecule has 2 unspecified atom stereocenters. The Morgan fingerprint density at radius 2 is 2.08 bits per heavy atom. The van der Waals surface area contributed by atoms with Gasteiger partial charge in [-0.3, -0.25) is 0 Å². The fourth-order valence-corrected chi connectivity index (χ4v) is 3.75. The van der Waals surface area contributed by atoms with E-state index < -0.39 is 0 Å². The predicted octanol–water partition coefficient (Wildman–Crippen LogP) is 4.16. The van der Waals surface area contributed by atoms with Gasteiger partial charge in [-0.1, -0.05) is 18.5 Å². The first-order valence-electron chi connectivity index (χ1n) is 9.46. The lowest BCUT2D eigenvalue weighted by Gasteiger charge is -2.36. The minimum absolute atomic E-state index is 0.0327. The lowest BCUT2D eigenvalue weighted by atomic mass is 9.88. The van der Waals surface area contributed by atoms with Crippen molar-refractivity contribution in [3.8, 4) is 11.5 Å². The lowest BCUT2D eigenvalue weighted by Crippen LogP contribution is -2.44. The monoisotopic (exact) mass is 369 g/mol. The highest BCUT2D eigenvalue weighted by molar-refractivity contribution is 6.32. The van der Waals surface area contributed by atoms with Gasteiger partial charge in [-0.15, -0.1) is 0 Å². The number of piperidine rings is 1. The molecule has 25 heavy (non-hydrogen) atoms. The van der Waals surface area contributed by atoms with Crippen LogP contribution < -0.4 is 9.47 Å². The number of aliphatic hydroxyl groups excluding tert-OH is 1. The van der Waals surface area contributed by atoms with Gasteiger partial charge in [-0.2, -0.15) is 0 Å². The van der Waals surface area contributed by atoms with Crippen molar-refractivity contribution < 1.29 is 14.6 Å². The number of likely N-dealkylation sites (tertiary alicyclic amines) is 1. The van der Waals surface area contributed by atoms with Crippen LogP contribution in [0.25, 0.3) is 0 Å². The summed E-state index contributed by atoms with van der Waals surface area (Å²) in [5.41, 5.74) is 1.09. The highest BCUT2D eigenvalue weighted by atomic mass is 35.5. The first-order valence-corrected chi connectivity index (χ1v) is 9.84. The molecule has 5 heteroatoms. The highest BCUT2D eigenvalue weighted by Crippen LogP contribution is 2.38. The summed E-state index contributed by atoms with van der Waals surface area (Å²) < 4.78 is 11.6. The Balaban J connectivity index is 2.17. The zero-order valence-electron chi connectivity index (χ0n) is 15.9. The second kappa shape index (κ2) is 9.65. The minimum atomic E-state index is -0.256. The summed E-state index contributed by atoms with van der Waals surface area (Å²) in [4.78, 5) is 2.44. The summed E-state index contributed by atoms with van der Waals surface area (Å²) >= 11 is 6.47. The van der Waals surface area contributed by atoms with Crippen molar-refractivity contribution in [2.75, 3.05) is 26.2 Å². The largest absolute Gasteiger partial charge is 0.490 e. The van der Waals surface area contributed by atoms with Crippen LogP contribution >= 0.6 is 11.6 Å². The highest BCUT2D eigenvalue weighted by Gasteiger charge is 2.28. The Labute approximate surface area is 157 Å². The van der Waals surface area contributed by atoms with Crippen molar-refractivity contribution in [1.82, 2.24) is 4.90 Å². The van der Waals surface area contributed by atoms with E-state index in [1.807, 2.05) is 32.9 Å². The van der Waals surface area contributed by atoms with Gasteiger partial charge in [0.2, 0.25) is 0 Å². The smallest absolute Gasteiger partial charge is 0.180 e. The van der Waals surface area contributed by atoms with Gasteiger partial charge in [-0.05, 0) is 64.3 Å². The van der Waals surface area contributed by atoms with Crippen LogP contribution in [0.4, 0.5) is 0 Å². The maximum atomic E-state index is 10.4. The van der Waals surface area contributed by atoms with Gasteiger partial charge in [0.25, 0.3) is 0 Å². The predicted molar refractivity (Wildman–Crippen MR) is 103 cm³/mol. The summed E-state index contributed by atoms with van der Waals surface area (Å²) in [5.74, 6) is 1.52. The number of nitrogens with zero attached hydrogens (tertiary/aromatic N) is 1. The van der Waals surface area contributed by atoms with Gasteiger partial charge < -0.3 is 19.5 Å². The number of aliphatic hydroxyl groups is 1. The van der Waals surface area contributed by atoms with Crippen LogP contribution in [-0.2, 0) is 6.42 Å². The fraction of sp³-hybridized carbons (Fsp3) is 0.700. The van der Waals surface area contributed by atoms with Crippen LogP contribution in [0.1, 0.15) is 46.1 Å².